The van der Waals surface area contributed by atoms with E-state index in [0.29, 0.717) is 11.9 Å². The third-order valence-corrected chi connectivity index (χ3v) is 4.37. The number of likely N-dealkylation sites (tertiary alicyclic amines) is 1. The van der Waals surface area contributed by atoms with E-state index in [1.165, 1.54) is 0 Å². The maximum atomic E-state index is 6.12. The monoisotopic (exact) mass is 297 g/mol. The van der Waals surface area contributed by atoms with E-state index in [1.807, 2.05) is 18.2 Å². The summed E-state index contributed by atoms with van der Waals surface area (Å²) in [6.07, 6.45) is 2.27. The normalized spacial score (nSPS) is 18.3. The highest BCUT2D eigenvalue weighted by Crippen LogP contribution is 2.30. The van der Waals surface area contributed by atoms with Crippen molar-refractivity contribution in [2.75, 3.05) is 20.1 Å². The number of halogens is 2. The Kier molecular flexibility index (Phi) is 3.70. The van der Waals surface area contributed by atoms with Crippen LogP contribution in [0, 0.1) is 0 Å². The van der Waals surface area contributed by atoms with Crippen LogP contribution >= 0.6 is 23.2 Å². The number of alkyl halides is 1. The molecule has 0 amide bonds. The molecule has 1 saturated heterocycles. The van der Waals surface area contributed by atoms with Gasteiger partial charge in [0.2, 0.25) is 0 Å². The zero-order chi connectivity index (χ0) is 13.4. The third-order valence-electron chi connectivity index (χ3n) is 3.90. The van der Waals surface area contributed by atoms with Crippen LogP contribution in [0.15, 0.2) is 18.2 Å². The Morgan fingerprint density at radius 1 is 1.32 bits per heavy atom. The number of imidazole rings is 1. The summed E-state index contributed by atoms with van der Waals surface area (Å²) < 4.78 is 2.29. The van der Waals surface area contributed by atoms with E-state index >= 15 is 0 Å². The summed E-state index contributed by atoms with van der Waals surface area (Å²) in [5, 5.41) is 0.752. The molecule has 0 bridgehead atoms. The van der Waals surface area contributed by atoms with Crippen molar-refractivity contribution < 1.29 is 0 Å². The molecule has 2 aromatic rings. The second-order valence-corrected chi connectivity index (χ2v) is 5.90. The van der Waals surface area contributed by atoms with Crippen LogP contribution in [0.1, 0.15) is 24.7 Å². The first-order chi connectivity index (χ1) is 9.19. The molecule has 19 heavy (non-hydrogen) atoms. The molecule has 0 radical (unpaired) electrons. The molecule has 2 heterocycles. The van der Waals surface area contributed by atoms with Gasteiger partial charge >= 0.3 is 0 Å². The highest BCUT2D eigenvalue weighted by molar-refractivity contribution is 6.31. The van der Waals surface area contributed by atoms with Crippen molar-refractivity contribution in [3.63, 3.8) is 0 Å². The van der Waals surface area contributed by atoms with Crippen molar-refractivity contribution >= 4 is 34.2 Å². The van der Waals surface area contributed by atoms with Gasteiger partial charge in [0.25, 0.3) is 0 Å². The molecule has 0 unspecified atom stereocenters. The summed E-state index contributed by atoms with van der Waals surface area (Å²) >= 11 is 12.2. The Balaban J connectivity index is 2.07. The highest BCUT2D eigenvalue weighted by Gasteiger charge is 2.22. The number of hydrogen-bond acceptors (Lipinski definition) is 2. The van der Waals surface area contributed by atoms with Gasteiger partial charge in [0.1, 0.15) is 5.82 Å². The van der Waals surface area contributed by atoms with Gasteiger partial charge < -0.3 is 9.47 Å². The molecule has 0 N–H and O–H groups in total. The molecule has 3 nitrogen and oxygen atoms in total. The van der Waals surface area contributed by atoms with Gasteiger partial charge in [0.15, 0.2) is 0 Å². The van der Waals surface area contributed by atoms with Crippen LogP contribution in [0.3, 0.4) is 0 Å². The van der Waals surface area contributed by atoms with Crippen LogP contribution < -0.4 is 0 Å². The Morgan fingerprint density at radius 3 is 2.74 bits per heavy atom. The minimum Gasteiger partial charge on any atom is -0.324 e. The SMILES string of the molecule is CN1CCC(n2c(CCl)nc3ccc(Cl)cc32)CC1. The van der Waals surface area contributed by atoms with Gasteiger partial charge in [-0.25, -0.2) is 4.98 Å². The molecule has 1 fully saturated rings. The summed E-state index contributed by atoms with van der Waals surface area (Å²) in [7, 11) is 2.17. The van der Waals surface area contributed by atoms with Crippen molar-refractivity contribution in [3.05, 3.63) is 29.0 Å². The topological polar surface area (TPSA) is 21.1 Å². The highest BCUT2D eigenvalue weighted by atomic mass is 35.5. The Bertz CT molecular complexity index is 586. The van der Waals surface area contributed by atoms with E-state index in [2.05, 4.69) is 21.5 Å². The average Bonchev–Trinajstić information content (AvgIpc) is 2.77. The van der Waals surface area contributed by atoms with Crippen LogP contribution in [0.25, 0.3) is 11.0 Å². The summed E-state index contributed by atoms with van der Waals surface area (Å²) in [6.45, 7) is 2.24. The lowest BCUT2D eigenvalue weighted by atomic mass is 10.0. The average molecular weight is 298 g/mol. The van der Waals surface area contributed by atoms with E-state index in [1.54, 1.807) is 0 Å². The number of rotatable bonds is 2. The number of hydrogen-bond donors (Lipinski definition) is 0. The summed E-state index contributed by atoms with van der Waals surface area (Å²) in [5.74, 6) is 1.40. The molecule has 0 saturated carbocycles. The number of benzene rings is 1. The summed E-state index contributed by atoms with van der Waals surface area (Å²) in [6, 6.07) is 6.33. The minimum absolute atomic E-state index is 0.443. The molecule has 1 aliphatic heterocycles. The van der Waals surface area contributed by atoms with Gasteiger partial charge in [-0.2, -0.15) is 0 Å². The molecule has 102 valence electrons. The standard InChI is InChI=1S/C14H17Cl2N3/c1-18-6-4-11(5-7-18)19-13-8-10(16)2-3-12(13)17-14(19)9-15/h2-3,8,11H,4-7,9H2,1H3. The molecular formula is C14H17Cl2N3. The molecule has 1 aromatic carbocycles. The lowest BCUT2D eigenvalue weighted by Gasteiger charge is -2.31. The zero-order valence-electron chi connectivity index (χ0n) is 10.9. The third kappa shape index (κ3) is 2.47. The quantitative estimate of drug-likeness (QED) is 0.788. The summed E-state index contributed by atoms with van der Waals surface area (Å²) in [4.78, 5) is 6.99. The van der Waals surface area contributed by atoms with E-state index < -0.39 is 0 Å². The first-order valence-corrected chi connectivity index (χ1v) is 7.51. The minimum atomic E-state index is 0.443. The molecule has 5 heteroatoms. The van der Waals surface area contributed by atoms with Crippen molar-refractivity contribution in [1.29, 1.82) is 0 Å². The summed E-state index contributed by atoms with van der Waals surface area (Å²) in [5.41, 5.74) is 2.09. The van der Waals surface area contributed by atoms with Gasteiger partial charge in [-0.05, 0) is 51.2 Å². The van der Waals surface area contributed by atoms with Crippen LogP contribution in [-0.2, 0) is 5.88 Å². The van der Waals surface area contributed by atoms with E-state index in [4.69, 9.17) is 23.2 Å². The predicted octanol–water partition coefficient (Wildman–Crippen LogP) is 3.70. The van der Waals surface area contributed by atoms with Crippen molar-refractivity contribution in [2.24, 2.45) is 0 Å². The van der Waals surface area contributed by atoms with Crippen molar-refractivity contribution in [3.8, 4) is 0 Å². The van der Waals surface area contributed by atoms with Gasteiger partial charge in [0, 0.05) is 11.1 Å². The van der Waals surface area contributed by atoms with E-state index in [-0.39, 0.29) is 0 Å². The Morgan fingerprint density at radius 2 is 2.05 bits per heavy atom. The second-order valence-electron chi connectivity index (χ2n) is 5.20. The zero-order valence-corrected chi connectivity index (χ0v) is 12.5. The maximum absolute atomic E-state index is 6.12. The van der Waals surface area contributed by atoms with Crippen LogP contribution in [0.2, 0.25) is 5.02 Å². The molecular weight excluding hydrogens is 281 g/mol. The van der Waals surface area contributed by atoms with Crippen LogP contribution in [0.4, 0.5) is 0 Å². The maximum Gasteiger partial charge on any atom is 0.125 e. The number of aromatic nitrogens is 2. The van der Waals surface area contributed by atoms with Crippen molar-refractivity contribution in [2.45, 2.75) is 24.8 Å². The smallest absolute Gasteiger partial charge is 0.125 e. The fourth-order valence-electron chi connectivity index (χ4n) is 2.87. The van der Waals surface area contributed by atoms with Crippen LogP contribution in [-0.4, -0.2) is 34.6 Å². The predicted molar refractivity (Wildman–Crippen MR) is 80.1 cm³/mol. The van der Waals surface area contributed by atoms with Gasteiger partial charge in [-0.3, -0.25) is 0 Å². The van der Waals surface area contributed by atoms with Crippen molar-refractivity contribution in [1.82, 2.24) is 14.5 Å². The largest absolute Gasteiger partial charge is 0.324 e. The number of piperidine rings is 1. The molecule has 1 aromatic heterocycles. The first kappa shape index (κ1) is 13.2. The second kappa shape index (κ2) is 5.31. The lowest BCUT2D eigenvalue weighted by molar-refractivity contribution is 0.222. The van der Waals surface area contributed by atoms with Gasteiger partial charge in [-0.15, -0.1) is 11.6 Å². The first-order valence-electron chi connectivity index (χ1n) is 6.60. The van der Waals surface area contributed by atoms with Gasteiger partial charge in [0.05, 0.1) is 16.9 Å². The number of nitrogens with zero attached hydrogens (tertiary/aromatic N) is 3. The van der Waals surface area contributed by atoms with Crippen LogP contribution in [0.5, 0.6) is 0 Å². The van der Waals surface area contributed by atoms with E-state index in [9.17, 15) is 0 Å². The Labute approximate surface area is 123 Å². The molecule has 0 atom stereocenters. The molecule has 3 rings (SSSR count). The number of fused-ring (bicyclic) bond motifs is 1. The van der Waals surface area contributed by atoms with Gasteiger partial charge in [-0.1, -0.05) is 11.6 Å². The molecule has 1 aliphatic rings. The fourth-order valence-corrected chi connectivity index (χ4v) is 3.23. The lowest BCUT2D eigenvalue weighted by Crippen LogP contribution is -2.31. The fraction of sp³-hybridized carbons (Fsp3) is 0.500. The Hall–Kier alpha value is -0.770. The van der Waals surface area contributed by atoms with E-state index in [0.717, 1.165) is 47.8 Å². The molecule has 0 aliphatic carbocycles. The molecule has 0 spiro atoms.